The molecule has 0 bridgehead atoms. The lowest BCUT2D eigenvalue weighted by Crippen LogP contribution is -2.61. The van der Waals surface area contributed by atoms with Gasteiger partial charge in [0, 0.05) is 5.54 Å². The first-order chi connectivity index (χ1) is 5.32. The standard InChI is InChI=1S/C9H18N2/c1-3-5-9(6-4-2)7-8(10-7)11-9/h7-8,10-11H,3-6H2,1-2H3/t7?,8-/m0/s1. The normalized spacial score (nSPS) is 37.6. The van der Waals surface area contributed by atoms with Crippen LogP contribution in [-0.2, 0) is 0 Å². The van der Waals surface area contributed by atoms with E-state index in [0.717, 1.165) is 6.04 Å². The lowest BCUT2D eigenvalue weighted by atomic mass is 9.79. The summed E-state index contributed by atoms with van der Waals surface area (Å²) in [5, 5.41) is 7.08. The highest BCUT2D eigenvalue weighted by molar-refractivity contribution is 5.24. The minimum Gasteiger partial charge on any atom is -0.293 e. The summed E-state index contributed by atoms with van der Waals surface area (Å²) in [5.74, 6) is 0. The maximum atomic E-state index is 3.62. The average molecular weight is 154 g/mol. The predicted molar refractivity (Wildman–Crippen MR) is 46.4 cm³/mol. The SMILES string of the molecule is CCCC1(CCC)N[C@@H]2NC21. The van der Waals surface area contributed by atoms with Gasteiger partial charge in [0.2, 0.25) is 0 Å². The van der Waals surface area contributed by atoms with Crippen LogP contribution in [0.3, 0.4) is 0 Å². The Bertz CT molecular complexity index is 150. The Labute approximate surface area is 68.7 Å². The van der Waals surface area contributed by atoms with Gasteiger partial charge in [-0.3, -0.25) is 10.6 Å². The number of hydrogen-bond donors (Lipinski definition) is 2. The zero-order chi connectivity index (χ0) is 7.90. The highest BCUT2D eigenvalue weighted by Gasteiger charge is 2.62. The van der Waals surface area contributed by atoms with Gasteiger partial charge in [-0.2, -0.15) is 0 Å². The molecule has 0 aromatic heterocycles. The smallest absolute Gasteiger partial charge is 0.0757 e. The van der Waals surface area contributed by atoms with E-state index in [1.54, 1.807) is 0 Å². The second-order valence-electron chi connectivity index (χ2n) is 3.92. The van der Waals surface area contributed by atoms with Crippen LogP contribution in [0.4, 0.5) is 0 Å². The van der Waals surface area contributed by atoms with Gasteiger partial charge >= 0.3 is 0 Å². The van der Waals surface area contributed by atoms with Crippen molar-refractivity contribution >= 4 is 0 Å². The monoisotopic (exact) mass is 154 g/mol. The van der Waals surface area contributed by atoms with Crippen molar-refractivity contribution in [3.05, 3.63) is 0 Å². The van der Waals surface area contributed by atoms with Gasteiger partial charge in [0.25, 0.3) is 0 Å². The molecule has 0 aromatic carbocycles. The van der Waals surface area contributed by atoms with E-state index in [4.69, 9.17) is 0 Å². The fourth-order valence-electron chi connectivity index (χ4n) is 2.52. The first kappa shape index (κ1) is 7.56. The van der Waals surface area contributed by atoms with Crippen LogP contribution >= 0.6 is 0 Å². The second kappa shape index (κ2) is 2.46. The fraction of sp³-hybridized carbons (Fsp3) is 1.00. The van der Waals surface area contributed by atoms with Crippen LogP contribution in [0.5, 0.6) is 0 Å². The summed E-state index contributed by atoms with van der Waals surface area (Å²) in [5.41, 5.74) is 0.494. The van der Waals surface area contributed by atoms with Crippen LogP contribution in [0.25, 0.3) is 0 Å². The first-order valence-corrected chi connectivity index (χ1v) is 4.86. The number of hydrogen-bond acceptors (Lipinski definition) is 2. The van der Waals surface area contributed by atoms with E-state index >= 15 is 0 Å². The van der Waals surface area contributed by atoms with Crippen LogP contribution in [0.1, 0.15) is 39.5 Å². The summed E-state index contributed by atoms with van der Waals surface area (Å²) in [6, 6.07) is 0.822. The van der Waals surface area contributed by atoms with E-state index in [1.165, 1.54) is 25.7 Å². The molecule has 2 aliphatic heterocycles. The maximum absolute atomic E-state index is 3.62. The summed E-state index contributed by atoms with van der Waals surface area (Å²) < 4.78 is 0. The highest BCUT2D eigenvalue weighted by atomic mass is 15.4. The fourth-order valence-corrected chi connectivity index (χ4v) is 2.52. The van der Waals surface area contributed by atoms with Crippen LogP contribution in [0.2, 0.25) is 0 Å². The molecule has 1 unspecified atom stereocenters. The van der Waals surface area contributed by atoms with E-state index < -0.39 is 0 Å². The molecule has 2 heterocycles. The van der Waals surface area contributed by atoms with Gasteiger partial charge < -0.3 is 0 Å². The Balaban J connectivity index is 1.92. The Morgan fingerprint density at radius 1 is 1.18 bits per heavy atom. The molecule has 2 saturated heterocycles. The lowest BCUT2D eigenvalue weighted by Gasteiger charge is -2.41. The van der Waals surface area contributed by atoms with Crippen molar-refractivity contribution < 1.29 is 0 Å². The van der Waals surface area contributed by atoms with Crippen molar-refractivity contribution in [3.63, 3.8) is 0 Å². The van der Waals surface area contributed by atoms with Gasteiger partial charge in [-0.1, -0.05) is 26.7 Å². The van der Waals surface area contributed by atoms with E-state index in [2.05, 4.69) is 24.5 Å². The molecule has 0 aromatic rings. The van der Waals surface area contributed by atoms with Crippen molar-refractivity contribution in [3.8, 4) is 0 Å². The largest absolute Gasteiger partial charge is 0.293 e. The van der Waals surface area contributed by atoms with Gasteiger partial charge in [0.15, 0.2) is 0 Å². The number of nitrogens with one attached hydrogen (secondary N) is 2. The zero-order valence-electron chi connectivity index (χ0n) is 7.48. The molecule has 2 atom stereocenters. The molecule has 2 aliphatic rings. The molecule has 0 aliphatic carbocycles. The average Bonchev–Trinajstić information content (AvgIpc) is 2.62. The topological polar surface area (TPSA) is 34.0 Å². The summed E-state index contributed by atoms with van der Waals surface area (Å²) in [6.07, 6.45) is 5.98. The quantitative estimate of drug-likeness (QED) is 0.597. The van der Waals surface area contributed by atoms with E-state index in [9.17, 15) is 0 Å². The van der Waals surface area contributed by atoms with Crippen molar-refractivity contribution in [2.75, 3.05) is 0 Å². The van der Waals surface area contributed by atoms with Gasteiger partial charge in [-0.25, -0.2) is 0 Å². The number of rotatable bonds is 4. The number of fused-ring (bicyclic) bond motifs is 1. The van der Waals surface area contributed by atoms with Crippen molar-refractivity contribution in [2.45, 2.75) is 57.3 Å². The Morgan fingerprint density at radius 3 is 2.09 bits per heavy atom. The summed E-state index contributed by atoms with van der Waals surface area (Å²) in [6.45, 7) is 4.55. The molecule has 0 spiro atoms. The molecule has 0 saturated carbocycles. The van der Waals surface area contributed by atoms with Gasteiger partial charge in [0.05, 0.1) is 12.2 Å². The van der Waals surface area contributed by atoms with E-state index in [-0.39, 0.29) is 0 Å². The molecular formula is C9H18N2. The molecule has 2 heteroatoms. The Morgan fingerprint density at radius 2 is 1.82 bits per heavy atom. The lowest BCUT2D eigenvalue weighted by molar-refractivity contribution is 0.200. The van der Waals surface area contributed by atoms with Crippen LogP contribution in [0, 0.1) is 0 Å². The molecular weight excluding hydrogens is 136 g/mol. The molecule has 0 radical (unpaired) electrons. The molecule has 11 heavy (non-hydrogen) atoms. The summed E-state index contributed by atoms with van der Waals surface area (Å²) in [7, 11) is 0. The third-order valence-corrected chi connectivity index (χ3v) is 3.01. The molecule has 2 fully saturated rings. The van der Waals surface area contributed by atoms with Gasteiger partial charge in [0.1, 0.15) is 0 Å². The van der Waals surface area contributed by atoms with Crippen LogP contribution < -0.4 is 10.6 Å². The summed E-state index contributed by atoms with van der Waals surface area (Å²) >= 11 is 0. The van der Waals surface area contributed by atoms with Crippen molar-refractivity contribution in [2.24, 2.45) is 0 Å². The Kier molecular flexibility index (Phi) is 1.69. The third kappa shape index (κ3) is 1.00. The Hall–Kier alpha value is -0.0800. The van der Waals surface area contributed by atoms with Gasteiger partial charge in [-0.05, 0) is 12.8 Å². The highest BCUT2D eigenvalue weighted by Crippen LogP contribution is 2.41. The third-order valence-electron chi connectivity index (χ3n) is 3.01. The van der Waals surface area contributed by atoms with Gasteiger partial charge in [-0.15, -0.1) is 0 Å². The first-order valence-electron chi connectivity index (χ1n) is 4.86. The molecule has 0 amide bonds. The molecule has 2 N–H and O–H groups in total. The second-order valence-corrected chi connectivity index (χ2v) is 3.92. The minimum absolute atomic E-state index is 0.494. The van der Waals surface area contributed by atoms with E-state index in [1.807, 2.05) is 0 Å². The van der Waals surface area contributed by atoms with Crippen LogP contribution in [0.15, 0.2) is 0 Å². The van der Waals surface area contributed by atoms with Crippen molar-refractivity contribution in [1.82, 2.24) is 10.6 Å². The predicted octanol–water partition coefficient (Wildman–Crippen LogP) is 1.23. The maximum Gasteiger partial charge on any atom is 0.0757 e. The van der Waals surface area contributed by atoms with Crippen LogP contribution in [-0.4, -0.2) is 17.7 Å². The minimum atomic E-state index is 0.494. The van der Waals surface area contributed by atoms with E-state index in [0.29, 0.717) is 11.7 Å². The zero-order valence-corrected chi connectivity index (χ0v) is 7.48. The molecule has 64 valence electrons. The summed E-state index contributed by atoms with van der Waals surface area (Å²) in [4.78, 5) is 0. The molecule has 2 nitrogen and oxygen atoms in total. The van der Waals surface area contributed by atoms with Crippen molar-refractivity contribution in [1.29, 1.82) is 0 Å². The molecule has 2 rings (SSSR count).